The molecule has 1 fully saturated rings. The zero-order chi connectivity index (χ0) is 19.0. The molecule has 1 aliphatic heterocycles. The van der Waals surface area contributed by atoms with Crippen molar-refractivity contribution in [2.24, 2.45) is 13.0 Å². The van der Waals surface area contributed by atoms with Crippen LogP contribution in [0.4, 0.5) is 0 Å². The SMILES string of the molecule is Cc1noc(C)c1-c1cc(CC2CCN(C(=O)c3ccn(C)n3)C2)ncn1. The zero-order valence-electron chi connectivity index (χ0n) is 15.7. The van der Waals surface area contributed by atoms with Crippen molar-refractivity contribution in [3.05, 3.63) is 47.5 Å². The summed E-state index contributed by atoms with van der Waals surface area (Å²) in [6.45, 7) is 5.27. The fraction of sp³-hybridized carbons (Fsp3) is 0.421. The molecule has 3 aromatic rings. The van der Waals surface area contributed by atoms with Crippen molar-refractivity contribution in [1.29, 1.82) is 0 Å². The third kappa shape index (κ3) is 3.47. The van der Waals surface area contributed by atoms with Crippen LogP contribution in [0.15, 0.2) is 29.2 Å². The maximum atomic E-state index is 12.5. The Labute approximate surface area is 157 Å². The van der Waals surface area contributed by atoms with Gasteiger partial charge in [0.05, 0.1) is 17.0 Å². The Bertz CT molecular complexity index is 957. The predicted molar refractivity (Wildman–Crippen MR) is 97.9 cm³/mol. The standard InChI is InChI=1S/C19H22N6O2/c1-12-18(13(2)27-23-12)17-9-15(20-11-21-17)8-14-4-7-25(10-14)19(26)16-5-6-24(3)22-16/h5-6,9,11,14H,4,7-8,10H2,1-3H3. The molecular weight excluding hydrogens is 344 g/mol. The monoisotopic (exact) mass is 366 g/mol. The topological polar surface area (TPSA) is 89.9 Å². The van der Waals surface area contributed by atoms with Gasteiger partial charge in [-0.3, -0.25) is 9.48 Å². The highest BCUT2D eigenvalue weighted by molar-refractivity contribution is 5.92. The van der Waals surface area contributed by atoms with Crippen LogP contribution in [0.3, 0.4) is 0 Å². The molecule has 0 aromatic carbocycles. The fourth-order valence-corrected chi connectivity index (χ4v) is 3.67. The number of rotatable bonds is 4. The second-order valence-corrected chi connectivity index (χ2v) is 7.08. The van der Waals surface area contributed by atoms with Gasteiger partial charge in [0.15, 0.2) is 0 Å². The molecule has 0 bridgehead atoms. The van der Waals surface area contributed by atoms with Crippen LogP contribution in [0.5, 0.6) is 0 Å². The van der Waals surface area contributed by atoms with Gasteiger partial charge in [0.2, 0.25) is 0 Å². The molecular formula is C19H22N6O2. The second-order valence-electron chi connectivity index (χ2n) is 7.08. The fourth-order valence-electron chi connectivity index (χ4n) is 3.67. The lowest BCUT2D eigenvalue weighted by Crippen LogP contribution is -2.29. The van der Waals surface area contributed by atoms with Crippen LogP contribution in [0.1, 0.15) is 34.1 Å². The molecule has 8 heteroatoms. The van der Waals surface area contributed by atoms with Crippen molar-refractivity contribution in [1.82, 2.24) is 29.8 Å². The number of nitrogens with zero attached hydrogens (tertiary/aromatic N) is 6. The Balaban J connectivity index is 1.45. The highest BCUT2D eigenvalue weighted by Gasteiger charge is 2.28. The highest BCUT2D eigenvalue weighted by Crippen LogP contribution is 2.27. The van der Waals surface area contributed by atoms with Crippen LogP contribution in [0, 0.1) is 19.8 Å². The molecule has 1 aliphatic rings. The summed E-state index contributed by atoms with van der Waals surface area (Å²) in [5.41, 5.74) is 4.05. The molecule has 4 heterocycles. The molecule has 27 heavy (non-hydrogen) atoms. The lowest BCUT2D eigenvalue weighted by molar-refractivity contribution is 0.0780. The van der Waals surface area contributed by atoms with Gasteiger partial charge in [0.25, 0.3) is 5.91 Å². The minimum absolute atomic E-state index is 0.00259. The first kappa shape index (κ1) is 17.4. The van der Waals surface area contributed by atoms with Crippen LogP contribution in [0.25, 0.3) is 11.3 Å². The van der Waals surface area contributed by atoms with Gasteiger partial charge in [-0.2, -0.15) is 5.10 Å². The number of hydrogen-bond donors (Lipinski definition) is 0. The summed E-state index contributed by atoms with van der Waals surface area (Å²) in [4.78, 5) is 23.2. The van der Waals surface area contributed by atoms with Crippen molar-refractivity contribution in [3.8, 4) is 11.3 Å². The molecule has 1 amide bonds. The number of hydrogen-bond acceptors (Lipinski definition) is 6. The first-order valence-corrected chi connectivity index (χ1v) is 9.04. The summed E-state index contributed by atoms with van der Waals surface area (Å²) in [6, 6.07) is 3.76. The first-order valence-electron chi connectivity index (χ1n) is 9.04. The van der Waals surface area contributed by atoms with Gasteiger partial charge in [-0.15, -0.1) is 0 Å². The summed E-state index contributed by atoms with van der Waals surface area (Å²) >= 11 is 0. The maximum Gasteiger partial charge on any atom is 0.274 e. The van der Waals surface area contributed by atoms with Crippen LogP contribution in [-0.4, -0.2) is 48.8 Å². The molecule has 1 unspecified atom stereocenters. The van der Waals surface area contributed by atoms with Gasteiger partial charge in [-0.1, -0.05) is 5.16 Å². The van der Waals surface area contributed by atoms with Crippen LogP contribution in [0.2, 0.25) is 0 Å². The molecule has 0 spiro atoms. The molecule has 0 radical (unpaired) electrons. The van der Waals surface area contributed by atoms with E-state index in [2.05, 4.69) is 20.2 Å². The van der Waals surface area contributed by atoms with E-state index in [9.17, 15) is 4.79 Å². The number of aryl methyl sites for hydroxylation is 3. The summed E-state index contributed by atoms with van der Waals surface area (Å²) in [5, 5.41) is 8.21. The van der Waals surface area contributed by atoms with E-state index in [4.69, 9.17) is 4.52 Å². The average Bonchev–Trinajstić information content (AvgIpc) is 3.36. The third-order valence-electron chi connectivity index (χ3n) is 5.02. The number of amides is 1. The molecule has 140 valence electrons. The molecule has 0 aliphatic carbocycles. The molecule has 3 aromatic heterocycles. The number of carbonyl (C=O) groups is 1. The van der Waals surface area contributed by atoms with Gasteiger partial charge in [0, 0.05) is 32.0 Å². The number of aromatic nitrogens is 5. The molecule has 0 saturated carbocycles. The lowest BCUT2D eigenvalue weighted by atomic mass is 10.0. The van der Waals surface area contributed by atoms with E-state index < -0.39 is 0 Å². The van der Waals surface area contributed by atoms with Crippen molar-refractivity contribution in [2.45, 2.75) is 26.7 Å². The van der Waals surface area contributed by atoms with Crippen molar-refractivity contribution in [3.63, 3.8) is 0 Å². The van der Waals surface area contributed by atoms with Crippen molar-refractivity contribution >= 4 is 5.91 Å². The number of carbonyl (C=O) groups excluding carboxylic acids is 1. The van der Waals surface area contributed by atoms with Crippen molar-refractivity contribution < 1.29 is 9.32 Å². The Kier molecular flexibility index (Phi) is 4.47. The largest absolute Gasteiger partial charge is 0.361 e. The highest BCUT2D eigenvalue weighted by atomic mass is 16.5. The van der Waals surface area contributed by atoms with Gasteiger partial charge in [0.1, 0.15) is 17.8 Å². The molecule has 4 rings (SSSR count). The molecule has 8 nitrogen and oxygen atoms in total. The van der Waals surface area contributed by atoms with Gasteiger partial charge < -0.3 is 9.42 Å². The molecule has 1 atom stereocenters. The predicted octanol–water partition coefficient (Wildman–Crippen LogP) is 2.19. The van der Waals surface area contributed by atoms with Crippen LogP contribution < -0.4 is 0 Å². The summed E-state index contributed by atoms with van der Waals surface area (Å²) in [6.07, 6.45) is 5.15. The van der Waals surface area contributed by atoms with E-state index >= 15 is 0 Å². The normalized spacial score (nSPS) is 16.9. The van der Waals surface area contributed by atoms with E-state index in [1.807, 2.05) is 31.9 Å². The quantitative estimate of drug-likeness (QED) is 0.703. The minimum Gasteiger partial charge on any atom is -0.361 e. The summed E-state index contributed by atoms with van der Waals surface area (Å²) in [5.74, 6) is 1.13. The Morgan fingerprint density at radius 3 is 2.89 bits per heavy atom. The van der Waals surface area contributed by atoms with Crippen LogP contribution in [-0.2, 0) is 13.5 Å². The van der Waals surface area contributed by atoms with Gasteiger partial charge >= 0.3 is 0 Å². The molecule has 1 saturated heterocycles. The summed E-state index contributed by atoms with van der Waals surface area (Å²) < 4.78 is 6.90. The smallest absolute Gasteiger partial charge is 0.274 e. The van der Waals surface area contributed by atoms with E-state index in [-0.39, 0.29) is 5.91 Å². The van der Waals surface area contributed by atoms with Crippen molar-refractivity contribution in [2.75, 3.05) is 13.1 Å². The zero-order valence-corrected chi connectivity index (χ0v) is 15.7. The second kappa shape index (κ2) is 6.94. The van der Waals surface area contributed by atoms with E-state index in [0.29, 0.717) is 11.6 Å². The average molecular weight is 366 g/mol. The van der Waals surface area contributed by atoms with Crippen LogP contribution >= 0.6 is 0 Å². The van der Waals surface area contributed by atoms with E-state index in [1.165, 1.54) is 0 Å². The number of likely N-dealkylation sites (tertiary alicyclic amines) is 1. The third-order valence-corrected chi connectivity index (χ3v) is 5.02. The first-order chi connectivity index (χ1) is 13.0. The lowest BCUT2D eigenvalue weighted by Gasteiger charge is -2.15. The van der Waals surface area contributed by atoms with Gasteiger partial charge in [-0.05, 0) is 44.7 Å². The minimum atomic E-state index is -0.00259. The van der Waals surface area contributed by atoms with E-state index in [0.717, 1.165) is 54.3 Å². The van der Waals surface area contributed by atoms with E-state index in [1.54, 1.807) is 23.3 Å². The molecule has 0 N–H and O–H groups in total. The Hall–Kier alpha value is -3.03. The maximum absolute atomic E-state index is 12.5. The summed E-state index contributed by atoms with van der Waals surface area (Å²) in [7, 11) is 1.81. The Morgan fingerprint density at radius 1 is 1.33 bits per heavy atom. The Morgan fingerprint density at radius 2 is 2.19 bits per heavy atom. The van der Waals surface area contributed by atoms with Gasteiger partial charge in [-0.25, -0.2) is 9.97 Å².